The Bertz CT molecular complexity index is 592. The lowest BCUT2D eigenvalue weighted by Crippen LogP contribution is -2.27. The molecule has 3 rings (SSSR count). The van der Waals surface area contributed by atoms with Gasteiger partial charge in [-0.05, 0) is 56.3 Å². The van der Waals surface area contributed by atoms with Crippen LogP contribution in [0.1, 0.15) is 29.1 Å². The van der Waals surface area contributed by atoms with Gasteiger partial charge < -0.3 is 5.32 Å². The van der Waals surface area contributed by atoms with E-state index in [1.54, 1.807) is 23.5 Å². The van der Waals surface area contributed by atoms with Gasteiger partial charge in [0.1, 0.15) is 5.82 Å². The van der Waals surface area contributed by atoms with E-state index in [9.17, 15) is 4.39 Å². The molecule has 0 saturated heterocycles. The molecule has 2 aromatic rings. The smallest absolute Gasteiger partial charge is 0.123 e. The van der Waals surface area contributed by atoms with E-state index in [2.05, 4.69) is 15.7 Å². The van der Waals surface area contributed by atoms with Crippen LogP contribution in [0.25, 0.3) is 0 Å². The van der Waals surface area contributed by atoms with Crippen LogP contribution in [0.15, 0.2) is 29.6 Å². The Morgan fingerprint density at radius 1 is 1.38 bits per heavy atom. The quantitative estimate of drug-likeness (QED) is 0.843. The Labute approximate surface area is 129 Å². The molecule has 1 aromatic heterocycles. The molecular formula is C17H21FN2S. The first-order chi connectivity index (χ1) is 10.2. The van der Waals surface area contributed by atoms with E-state index < -0.39 is 0 Å². The van der Waals surface area contributed by atoms with Crippen molar-refractivity contribution in [2.24, 2.45) is 5.92 Å². The first-order valence-electron chi connectivity index (χ1n) is 7.58. The summed E-state index contributed by atoms with van der Waals surface area (Å²) in [4.78, 5) is 4.57. The summed E-state index contributed by atoms with van der Waals surface area (Å²) in [5.41, 5.74) is 2.17. The SMILES string of the molecule is Cc1csc(CC(CNC2CC2)Cc2cccc(F)c2)n1. The fraction of sp³-hybridized carbons (Fsp3) is 0.471. The summed E-state index contributed by atoms with van der Waals surface area (Å²) < 4.78 is 13.3. The van der Waals surface area contributed by atoms with E-state index in [0.29, 0.717) is 12.0 Å². The molecule has 0 amide bonds. The van der Waals surface area contributed by atoms with Crippen LogP contribution in [-0.4, -0.2) is 17.6 Å². The Morgan fingerprint density at radius 3 is 2.90 bits per heavy atom. The molecule has 1 saturated carbocycles. The number of hydrogen-bond donors (Lipinski definition) is 1. The van der Waals surface area contributed by atoms with E-state index in [1.807, 2.05) is 13.0 Å². The zero-order chi connectivity index (χ0) is 14.7. The van der Waals surface area contributed by atoms with Crippen LogP contribution in [0.2, 0.25) is 0 Å². The zero-order valence-electron chi connectivity index (χ0n) is 12.3. The summed E-state index contributed by atoms with van der Waals surface area (Å²) in [6.45, 7) is 3.02. The van der Waals surface area contributed by atoms with E-state index in [0.717, 1.165) is 30.6 Å². The first-order valence-corrected chi connectivity index (χ1v) is 8.46. The summed E-state index contributed by atoms with van der Waals surface area (Å²) in [7, 11) is 0. The van der Waals surface area contributed by atoms with Crippen LogP contribution in [0.3, 0.4) is 0 Å². The van der Waals surface area contributed by atoms with Gasteiger partial charge in [-0.1, -0.05) is 12.1 Å². The van der Waals surface area contributed by atoms with E-state index in [-0.39, 0.29) is 5.82 Å². The summed E-state index contributed by atoms with van der Waals surface area (Å²) in [5.74, 6) is 0.324. The number of nitrogens with one attached hydrogen (secondary N) is 1. The van der Waals surface area contributed by atoms with Crippen LogP contribution in [0.5, 0.6) is 0 Å². The third-order valence-corrected chi connectivity index (χ3v) is 4.80. The van der Waals surface area contributed by atoms with Gasteiger partial charge in [0.15, 0.2) is 0 Å². The molecule has 0 bridgehead atoms. The Hall–Kier alpha value is -1.26. The maximum Gasteiger partial charge on any atom is 0.123 e. The fourth-order valence-corrected chi connectivity index (χ4v) is 3.47. The van der Waals surface area contributed by atoms with Crippen molar-refractivity contribution in [1.82, 2.24) is 10.3 Å². The highest BCUT2D eigenvalue weighted by atomic mass is 32.1. The molecular weight excluding hydrogens is 283 g/mol. The largest absolute Gasteiger partial charge is 0.314 e. The van der Waals surface area contributed by atoms with E-state index >= 15 is 0 Å². The predicted octanol–water partition coefficient (Wildman–Crippen LogP) is 3.74. The molecule has 1 atom stereocenters. The van der Waals surface area contributed by atoms with Crippen molar-refractivity contribution in [3.63, 3.8) is 0 Å². The van der Waals surface area contributed by atoms with Gasteiger partial charge in [0.05, 0.1) is 5.01 Å². The van der Waals surface area contributed by atoms with Crippen LogP contribution in [0, 0.1) is 18.7 Å². The zero-order valence-corrected chi connectivity index (χ0v) is 13.1. The van der Waals surface area contributed by atoms with Crippen LogP contribution in [-0.2, 0) is 12.8 Å². The van der Waals surface area contributed by atoms with Crippen molar-refractivity contribution in [1.29, 1.82) is 0 Å². The second-order valence-electron chi connectivity index (χ2n) is 5.97. The number of thiazole rings is 1. The normalized spacial score (nSPS) is 16.1. The predicted molar refractivity (Wildman–Crippen MR) is 85.2 cm³/mol. The van der Waals surface area contributed by atoms with Gasteiger partial charge in [0.25, 0.3) is 0 Å². The van der Waals surface area contributed by atoms with Crippen LogP contribution < -0.4 is 5.32 Å². The monoisotopic (exact) mass is 304 g/mol. The maximum absolute atomic E-state index is 13.3. The van der Waals surface area contributed by atoms with Crippen molar-refractivity contribution < 1.29 is 4.39 Å². The second-order valence-corrected chi connectivity index (χ2v) is 6.91. The lowest BCUT2D eigenvalue weighted by atomic mass is 9.96. The number of halogens is 1. The van der Waals surface area contributed by atoms with Crippen molar-refractivity contribution >= 4 is 11.3 Å². The molecule has 1 N–H and O–H groups in total. The lowest BCUT2D eigenvalue weighted by Gasteiger charge is -2.16. The van der Waals surface area contributed by atoms with Gasteiger partial charge in [-0.2, -0.15) is 0 Å². The summed E-state index contributed by atoms with van der Waals surface area (Å²) in [6.07, 6.45) is 4.46. The summed E-state index contributed by atoms with van der Waals surface area (Å²) >= 11 is 1.73. The molecule has 21 heavy (non-hydrogen) atoms. The standard InChI is InChI=1S/C17H21FN2S/c1-12-11-21-17(20-12)9-14(10-19-16-5-6-16)7-13-3-2-4-15(18)8-13/h2-4,8,11,14,16,19H,5-7,9-10H2,1H3. The van der Waals surface area contributed by atoms with Gasteiger partial charge in [0.2, 0.25) is 0 Å². The van der Waals surface area contributed by atoms with Gasteiger partial charge in [-0.15, -0.1) is 11.3 Å². The summed E-state index contributed by atoms with van der Waals surface area (Å²) in [5, 5.41) is 6.89. The highest BCUT2D eigenvalue weighted by Gasteiger charge is 2.22. The van der Waals surface area contributed by atoms with Crippen molar-refractivity contribution in [3.8, 4) is 0 Å². The van der Waals surface area contributed by atoms with Gasteiger partial charge in [-0.25, -0.2) is 9.37 Å². The van der Waals surface area contributed by atoms with Gasteiger partial charge in [-0.3, -0.25) is 0 Å². The number of aryl methyl sites for hydroxylation is 1. The fourth-order valence-electron chi connectivity index (χ4n) is 2.58. The second kappa shape index (κ2) is 6.67. The molecule has 1 heterocycles. The molecule has 112 valence electrons. The third-order valence-electron chi connectivity index (χ3n) is 3.82. The molecule has 0 aliphatic heterocycles. The average molecular weight is 304 g/mol. The summed E-state index contributed by atoms with van der Waals surface area (Å²) in [6, 6.07) is 7.67. The number of rotatable bonds is 7. The van der Waals surface area contributed by atoms with E-state index in [4.69, 9.17) is 0 Å². The van der Waals surface area contributed by atoms with Crippen molar-refractivity contribution in [2.45, 2.75) is 38.6 Å². The molecule has 2 nitrogen and oxygen atoms in total. The molecule has 1 aliphatic rings. The molecule has 1 fully saturated rings. The van der Waals surface area contributed by atoms with Gasteiger partial charge >= 0.3 is 0 Å². The molecule has 1 aliphatic carbocycles. The molecule has 1 unspecified atom stereocenters. The number of nitrogens with zero attached hydrogens (tertiary/aromatic N) is 1. The minimum absolute atomic E-state index is 0.147. The highest BCUT2D eigenvalue weighted by Crippen LogP contribution is 2.22. The third kappa shape index (κ3) is 4.61. The molecule has 4 heteroatoms. The van der Waals surface area contributed by atoms with E-state index in [1.165, 1.54) is 23.9 Å². The topological polar surface area (TPSA) is 24.9 Å². The number of hydrogen-bond acceptors (Lipinski definition) is 3. The molecule has 1 aromatic carbocycles. The minimum Gasteiger partial charge on any atom is -0.314 e. The van der Waals surface area contributed by atoms with Crippen LogP contribution >= 0.6 is 11.3 Å². The number of aromatic nitrogens is 1. The molecule has 0 spiro atoms. The molecule has 0 radical (unpaired) electrons. The Balaban J connectivity index is 1.65. The van der Waals surface area contributed by atoms with Crippen molar-refractivity contribution in [2.75, 3.05) is 6.54 Å². The van der Waals surface area contributed by atoms with Crippen LogP contribution in [0.4, 0.5) is 4.39 Å². The Kier molecular flexibility index (Phi) is 4.66. The lowest BCUT2D eigenvalue weighted by molar-refractivity contribution is 0.467. The minimum atomic E-state index is -0.147. The Morgan fingerprint density at radius 2 is 2.24 bits per heavy atom. The van der Waals surface area contributed by atoms with Crippen molar-refractivity contribution in [3.05, 3.63) is 51.7 Å². The highest BCUT2D eigenvalue weighted by molar-refractivity contribution is 7.09. The van der Waals surface area contributed by atoms with Gasteiger partial charge in [0, 0.05) is 23.5 Å². The first kappa shape index (κ1) is 14.7. The maximum atomic E-state index is 13.3. The average Bonchev–Trinajstić information content (AvgIpc) is 3.19. The number of benzene rings is 1.